The van der Waals surface area contributed by atoms with Gasteiger partial charge in [-0.3, -0.25) is 0 Å². The summed E-state index contributed by atoms with van der Waals surface area (Å²) in [4.78, 5) is 0. The van der Waals surface area contributed by atoms with Crippen LogP contribution in [0.5, 0.6) is 17.2 Å². The van der Waals surface area contributed by atoms with Gasteiger partial charge in [0.15, 0.2) is 24.1 Å². The number of aliphatic hydroxyl groups is 7. The van der Waals surface area contributed by atoms with Crippen molar-refractivity contribution in [3.05, 3.63) is 53.6 Å². The van der Waals surface area contributed by atoms with E-state index in [-0.39, 0.29) is 19.4 Å². The van der Waals surface area contributed by atoms with Gasteiger partial charge in [0.25, 0.3) is 0 Å². The number of methoxy groups -OCH3 is 1. The van der Waals surface area contributed by atoms with Crippen molar-refractivity contribution in [1.82, 2.24) is 5.32 Å². The molecule has 2 aromatic carbocycles. The minimum atomic E-state index is -1.68. The van der Waals surface area contributed by atoms with Crippen molar-refractivity contribution in [2.45, 2.75) is 86.9 Å². The highest BCUT2D eigenvalue weighted by Gasteiger charge is 2.48. The van der Waals surface area contributed by atoms with Crippen molar-refractivity contribution in [3.63, 3.8) is 0 Å². The number of rotatable bonds is 13. The van der Waals surface area contributed by atoms with E-state index in [1.807, 2.05) is 25.1 Å². The molecule has 5 rings (SSSR count). The van der Waals surface area contributed by atoms with Crippen LogP contribution in [0.25, 0.3) is 0 Å². The Bertz CT molecular complexity index is 1250. The van der Waals surface area contributed by atoms with Crippen LogP contribution in [-0.2, 0) is 25.4 Å². The molecule has 3 heterocycles. The largest absolute Gasteiger partial charge is 0.497 e. The summed E-state index contributed by atoms with van der Waals surface area (Å²) in [7, 11) is 1.55. The molecule has 12 atom stereocenters. The second-order valence-electron chi connectivity index (χ2n) is 11.6. The molecule has 2 saturated heterocycles. The highest BCUT2D eigenvalue weighted by atomic mass is 16.7. The first-order valence-corrected chi connectivity index (χ1v) is 15.1. The third-order valence-corrected chi connectivity index (χ3v) is 8.36. The van der Waals surface area contributed by atoms with Crippen LogP contribution in [0.2, 0.25) is 0 Å². The fourth-order valence-corrected chi connectivity index (χ4v) is 5.59. The van der Waals surface area contributed by atoms with Crippen LogP contribution in [0.1, 0.15) is 24.2 Å². The first kappa shape index (κ1) is 34.7. The van der Waals surface area contributed by atoms with Crippen molar-refractivity contribution >= 4 is 0 Å². The Morgan fingerprint density at radius 2 is 1.46 bits per heavy atom. The Labute approximate surface area is 265 Å². The molecule has 0 spiro atoms. The van der Waals surface area contributed by atoms with Gasteiger partial charge in [0.05, 0.1) is 26.4 Å². The maximum atomic E-state index is 10.8. The van der Waals surface area contributed by atoms with Crippen LogP contribution in [-0.4, -0.2) is 137 Å². The lowest BCUT2D eigenvalue weighted by Crippen LogP contribution is -2.62. The fraction of sp³-hybridized carbons (Fsp3) is 0.613. The number of aliphatic hydroxyl groups excluding tert-OH is 7. The fourth-order valence-electron chi connectivity index (χ4n) is 5.59. The van der Waals surface area contributed by atoms with Crippen LogP contribution < -0.4 is 19.5 Å². The molecule has 46 heavy (non-hydrogen) atoms. The smallest absolute Gasteiger partial charge is 0.231 e. The third-order valence-electron chi connectivity index (χ3n) is 8.36. The lowest BCUT2D eigenvalue weighted by Gasteiger charge is -2.43. The van der Waals surface area contributed by atoms with E-state index in [0.29, 0.717) is 29.2 Å². The Hall–Kier alpha value is -2.64. The van der Waals surface area contributed by atoms with Crippen molar-refractivity contribution < 1.29 is 68.9 Å². The molecule has 2 fully saturated rings. The number of nitrogens with one attached hydrogen (secondary N) is 1. The van der Waals surface area contributed by atoms with Crippen molar-refractivity contribution in [1.29, 1.82) is 0 Å². The lowest BCUT2D eigenvalue weighted by molar-refractivity contribution is -0.336. The standard InChI is InChI=1S/C31H43NO14/c1-15(9-16-3-8-19-20(10-16)43-14-42-19)32-11-21(17-4-6-18(40-2)7-5-17)44-31-29(39)27(37)25(35)23(46-31)13-41-30-28(38)26(36)24(34)22(12-33)45-30/h3-8,10,15,21-39H,9,11-14H2,1-2H3/t15?,21-,22+,23+,24+,25+,26-,27-,28+,29+,30+,31+/m0/s1. The molecular weight excluding hydrogens is 610 g/mol. The molecule has 0 aromatic heterocycles. The van der Waals surface area contributed by atoms with E-state index in [1.165, 1.54) is 0 Å². The van der Waals surface area contributed by atoms with Crippen LogP contribution in [0, 0.1) is 0 Å². The summed E-state index contributed by atoms with van der Waals surface area (Å²) in [6, 6.07) is 12.9. The predicted octanol–water partition coefficient (Wildman–Crippen LogP) is -1.67. The van der Waals surface area contributed by atoms with Crippen LogP contribution in [0.15, 0.2) is 42.5 Å². The molecule has 0 aliphatic carbocycles. The molecule has 15 heteroatoms. The number of ether oxygens (including phenoxy) is 7. The lowest BCUT2D eigenvalue weighted by atomic mass is 9.98. The minimum Gasteiger partial charge on any atom is -0.497 e. The zero-order valence-electron chi connectivity index (χ0n) is 25.5. The molecule has 0 saturated carbocycles. The molecule has 1 unspecified atom stereocenters. The maximum absolute atomic E-state index is 10.8. The second kappa shape index (κ2) is 15.5. The maximum Gasteiger partial charge on any atom is 0.231 e. The number of hydrogen-bond acceptors (Lipinski definition) is 15. The van der Waals surface area contributed by atoms with Gasteiger partial charge in [-0.1, -0.05) is 18.2 Å². The van der Waals surface area contributed by atoms with E-state index in [2.05, 4.69) is 5.32 Å². The van der Waals surface area contributed by atoms with Gasteiger partial charge >= 0.3 is 0 Å². The van der Waals surface area contributed by atoms with Gasteiger partial charge in [0.2, 0.25) is 6.79 Å². The first-order chi connectivity index (χ1) is 22.1. The second-order valence-corrected chi connectivity index (χ2v) is 11.6. The molecule has 256 valence electrons. The van der Waals surface area contributed by atoms with Gasteiger partial charge in [-0.05, 0) is 48.7 Å². The van der Waals surface area contributed by atoms with E-state index in [0.717, 1.165) is 5.56 Å². The van der Waals surface area contributed by atoms with Gasteiger partial charge in [-0.15, -0.1) is 0 Å². The van der Waals surface area contributed by atoms with E-state index < -0.39 is 80.7 Å². The molecule has 2 aromatic rings. The van der Waals surface area contributed by atoms with E-state index in [9.17, 15) is 35.7 Å². The summed E-state index contributed by atoms with van der Waals surface area (Å²) >= 11 is 0. The van der Waals surface area contributed by atoms with Crippen molar-refractivity contribution in [2.24, 2.45) is 0 Å². The van der Waals surface area contributed by atoms with Crippen LogP contribution >= 0.6 is 0 Å². The predicted molar refractivity (Wildman–Crippen MR) is 157 cm³/mol. The van der Waals surface area contributed by atoms with Gasteiger partial charge in [0.1, 0.15) is 54.6 Å². The number of benzene rings is 2. The Balaban J connectivity index is 1.25. The van der Waals surface area contributed by atoms with E-state index in [1.54, 1.807) is 31.4 Å². The van der Waals surface area contributed by atoms with Crippen LogP contribution in [0.3, 0.4) is 0 Å². The van der Waals surface area contributed by atoms with Gasteiger partial charge in [-0.2, -0.15) is 0 Å². The normalized spacial score (nSPS) is 33.8. The van der Waals surface area contributed by atoms with Crippen molar-refractivity contribution in [2.75, 3.05) is 33.7 Å². The molecule has 8 N–H and O–H groups in total. The Morgan fingerprint density at radius 1 is 0.804 bits per heavy atom. The average Bonchev–Trinajstić information content (AvgIpc) is 3.54. The molecule has 0 bridgehead atoms. The van der Waals surface area contributed by atoms with E-state index >= 15 is 0 Å². The summed E-state index contributed by atoms with van der Waals surface area (Å²) in [6.45, 7) is 1.36. The topological polar surface area (TPSA) is 218 Å². The highest BCUT2D eigenvalue weighted by molar-refractivity contribution is 5.44. The molecule has 3 aliphatic heterocycles. The first-order valence-electron chi connectivity index (χ1n) is 15.1. The molecule has 0 radical (unpaired) electrons. The number of hydrogen-bond donors (Lipinski definition) is 8. The SMILES string of the molecule is COc1ccc([C@H](CNC(C)Cc2ccc3c(c2)OCO3)O[C@@H]2O[C@H](CO[C@@H]3O[C@H](CO)[C@@H](O)[C@H](O)[C@H]3O)[C@@H](O)[C@H](O)[C@H]2O)cc1. The molecular formula is C31H43NO14. The zero-order chi connectivity index (χ0) is 33.0. The average molecular weight is 654 g/mol. The molecule has 3 aliphatic rings. The summed E-state index contributed by atoms with van der Waals surface area (Å²) in [5.74, 6) is 2.02. The Kier molecular flexibility index (Phi) is 11.7. The summed E-state index contributed by atoms with van der Waals surface area (Å²) in [6.07, 6.45) is -15.2. The Morgan fingerprint density at radius 3 is 2.15 bits per heavy atom. The minimum absolute atomic E-state index is 0.0194. The van der Waals surface area contributed by atoms with Gasteiger partial charge < -0.3 is 74.2 Å². The third kappa shape index (κ3) is 7.90. The summed E-state index contributed by atoms with van der Waals surface area (Å²) in [5, 5.41) is 75.4. The summed E-state index contributed by atoms with van der Waals surface area (Å²) in [5.41, 5.74) is 1.76. The van der Waals surface area contributed by atoms with Gasteiger partial charge in [-0.25, -0.2) is 0 Å². The molecule has 15 nitrogen and oxygen atoms in total. The van der Waals surface area contributed by atoms with E-state index in [4.69, 9.17) is 33.2 Å². The van der Waals surface area contributed by atoms with Crippen LogP contribution in [0.4, 0.5) is 0 Å². The van der Waals surface area contributed by atoms with Crippen molar-refractivity contribution in [3.8, 4) is 17.2 Å². The quantitative estimate of drug-likeness (QED) is 0.121. The monoisotopic (exact) mass is 653 g/mol. The number of fused-ring (bicyclic) bond motifs is 1. The zero-order valence-corrected chi connectivity index (χ0v) is 25.5. The van der Waals surface area contributed by atoms with Gasteiger partial charge in [0, 0.05) is 12.6 Å². The highest BCUT2D eigenvalue weighted by Crippen LogP contribution is 2.33. The summed E-state index contributed by atoms with van der Waals surface area (Å²) < 4.78 is 39.1. The molecule has 0 amide bonds.